The van der Waals surface area contributed by atoms with Crippen LogP contribution in [0.3, 0.4) is 0 Å². The maximum Gasteiger partial charge on any atom is 0.227 e. The van der Waals surface area contributed by atoms with Crippen LogP contribution in [0.4, 0.5) is 5.95 Å². The number of nitrogens with zero attached hydrogens (tertiary/aromatic N) is 6. The minimum atomic E-state index is -3.34. The summed E-state index contributed by atoms with van der Waals surface area (Å²) in [6.45, 7) is 8.94. The molecule has 0 atom stereocenters. The monoisotopic (exact) mass is 378 g/mol. The Bertz CT molecular complexity index is 826. The van der Waals surface area contributed by atoms with E-state index in [0.717, 1.165) is 37.8 Å². The van der Waals surface area contributed by atoms with Crippen LogP contribution < -0.4 is 4.90 Å². The summed E-state index contributed by atoms with van der Waals surface area (Å²) in [6, 6.07) is 1.81. The number of sulfone groups is 1. The number of rotatable bonds is 6. The highest BCUT2D eigenvalue weighted by atomic mass is 32.2. The summed E-state index contributed by atoms with van der Waals surface area (Å²) in [5.41, 5.74) is 0.948. The maximum atomic E-state index is 12.0. The summed E-state index contributed by atoms with van der Waals surface area (Å²) in [7, 11) is -3.34. The molecule has 0 saturated carbocycles. The first kappa shape index (κ1) is 18.8. The van der Waals surface area contributed by atoms with Crippen molar-refractivity contribution in [1.82, 2.24) is 24.4 Å². The van der Waals surface area contributed by atoms with Crippen LogP contribution in [0, 0.1) is 5.92 Å². The maximum absolute atomic E-state index is 12.0. The topological polar surface area (TPSA) is 84.2 Å². The van der Waals surface area contributed by atoms with E-state index in [1.807, 2.05) is 10.6 Å². The molecule has 0 N–H and O–H groups in total. The van der Waals surface area contributed by atoms with Crippen molar-refractivity contribution in [2.45, 2.75) is 32.1 Å². The second-order valence-electron chi connectivity index (χ2n) is 7.12. The average Bonchev–Trinajstić information content (AvgIpc) is 2.98. The number of piperazine rings is 1. The molecule has 0 amide bonds. The molecule has 2 aromatic heterocycles. The van der Waals surface area contributed by atoms with Crippen LogP contribution in [-0.2, 0) is 22.9 Å². The van der Waals surface area contributed by atoms with E-state index in [4.69, 9.17) is 0 Å². The lowest BCUT2D eigenvalue weighted by atomic mass is 10.2. The molecule has 1 aliphatic rings. The van der Waals surface area contributed by atoms with E-state index in [-0.39, 0.29) is 5.16 Å². The zero-order valence-corrected chi connectivity index (χ0v) is 16.4. The lowest BCUT2D eigenvalue weighted by Gasteiger charge is -2.34. The lowest BCUT2D eigenvalue weighted by molar-refractivity contribution is 0.240. The quantitative estimate of drug-likeness (QED) is 0.743. The van der Waals surface area contributed by atoms with Crippen molar-refractivity contribution in [3.8, 4) is 0 Å². The number of hydrogen-bond donors (Lipinski definition) is 0. The molecule has 1 saturated heterocycles. The van der Waals surface area contributed by atoms with E-state index in [1.54, 1.807) is 18.6 Å². The van der Waals surface area contributed by atoms with Gasteiger partial charge in [-0.1, -0.05) is 13.8 Å². The molecular formula is C17H26N6O2S. The van der Waals surface area contributed by atoms with Gasteiger partial charge < -0.3 is 9.47 Å². The predicted molar refractivity (Wildman–Crippen MR) is 99.7 cm³/mol. The van der Waals surface area contributed by atoms with Crippen LogP contribution in [-0.4, -0.2) is 65.3 Å². The second kappa shape index (κ2) is 7.71. The largest absolute Gasteiger partial charge is 0.338 e. The third-order valence-corrected chi connectivity index (χ3v) is 5.36. The normalized spacial score (nSPS) is 16.4. The summed E-state index contributed by atoms with van der Waals surface area (Å²) < 4.78 is 25.9. The fourth-order valence-electron chi connectivity index (χ4n) is 3.16. The van der Waals surface area contributed by atoms with Gasteiger partial charge in [-0.25, -0.2) is 23.4 Å². The zero-order chi connectivity index (χ0) is 18.7. The number of anilines is 1. The van der Waals surface area contributed by atoms with E-state index in [9.17, 15) is 8.42 Å². The van der Waals surface area contributed by atoms with Gasteiger partial charge in [-0.3, -0.25) is 4.90 Å². The third-order valence-electron chi connectivity index (χ3n) is 4.37. The highest BCUT2D eigenvalue weighted by Crippen LogP contribution is 2.17. The Morgan fingerprint density at radius 2 is 1.73 bits per heavy atom. The molecule has 2 aromatic rings. The molecule has 142 valence electrons. The van der Waals surface area contributed by atoms with Gasteiger partial charge in [-0.05, 0) is 12.0 Å². The summed E-state index contributed by atoms with van der Waals surface area (Å²) in [5.74, 6) is 1.10. The first-order chi connectivity index (χ1) is 12.3. The molecule has 1 aliphatic heterocycles. The van der Waals surface area contributed by atoms with Gasteiger partial charge in [0.25, 0.3) is 0 Å². The average molecular weight is 379 g/mol. The predicted octanol–water partition coefficient (Wildman–Crippen LogP) is 1.05. The van der Waals surface area contributed by atoms with Crippen molar-refractivity contribution in [3.05, 3.63) is 30.4 Å². The van der Waals surface area contributed by atoms with E-state index in [2.05, 4.69) is 38.6 Å². The van der Waals surface area contributed by atoms with Crippen LogP contribution in [0.5, 0.6) is 0 Å². The van der Waals surface area contributed by atoms with E-state index in [1.165, 1.54) is 6.26 Å². The molecule has 0 aliphatic carbocycles. The van der Waals surface area contributed by atoms with Gasteiger partial charge in [-0.2, -0.15) is 0 Å². The van der Waals surface area contributed by atoms with Crippen molar-refractivity contribution in [3.63, 3.8) is 0 Å². The summed E-state index contributed by atoms with van der Waals surface area (Å²) >= 11 is 0. The van der Waals surface area contributed by atoms with Gasteiger partial charge in [0.05, 0.1) is 11.9 Å². The zero-order valence-electron chi connectivity index (χ0n) is 15.5. The third kappa shape index (κ3) is 4.39. The number of aromatic nitrogens is 4. The highest BCUT2D eigenvalue weighted by Gasteiger charge is 2.23. The van der Waals surface area contributed by atoms with Crippen LogP contribution in [0.1, 0.15) is 19.5 Å². The van der Waals surface area contributed by atoms with E-state index >= 15 is 0 Å². The molecule has 0 unspecified atom stereocenters. The smallest absolute Gasteiger partial charge is 0.227 e. The highest BCUT2D eigenvalue weighted by molar-refractivity contribution is 7.90. The van der Waals surface area contributed by atoms with Gasteiger partial charge in [0, 0.05) is 57.9 Å². The van der Waals surface area contributed by atoms with E-state index in [0.29, 0.717) is 19.0 Å². The van der Waals surface area contributed by atoms with Gasteiger partial charge in [0.2, 0.25) is 20.9 Å². The molecule has 1 fully saturated rings. The molecule has 0 aromatic carbocycles. The summed E-state index contributed by atoms with van der Waals surface area (Å²) in [5, 5.41) is 0.164. The van der Waals surface area contributed by atoms with E-state index < -0.39 is 9.84 Å². The van der Waals surface area contributed by atoms with Gasteiger partial charge in [0.15, 0.2) is 0 Å². The summed E-state index contributed by atoms with van der Waals surface area (Å²) in [6.07, 6.45) is 6.43. The van der Waals surface area contributed by atoms with Crippen molar-refractivity contribution in [2.75, 3.05) is 37.3 Å². The lowest BCUT2D eigenvalue weighted by Crippen LogP contribution is -2.46. The molecule has 3 heterocycles. The van der Waals surface area contributed by atoms with Crippen molar-refractivity contribution in [2.24, 2.45) is 5.92 Å². The summed E-state index contributed by atoms with van der Waals surface area (Å²) in [4.78, 5) is 17.3. The molecule has 8 nitrogen and oxygen atoms in total. The van der Waals surface area contributed by atoms with Crippen LogP contribution >= 0.6 is 0 Å². The molecular weight excluding hydrogens is 352 g/mol. The van der Waals surface area contributed by atoms with Crippen LogP contribution in [0.25, 0.3) is 0 Å². The Labute approximate surface area is 154 Å². The van der Waals surface area contributed by atoms with Crippen LogP contribution in [0.15, 0.2) is 29.8 Å². The fraction of sp³-hybridized carbons (Fsp3) is 0.588. The molecule has 26 heavy (non-hydrogen) atoms. The van der Waals surface area contributed by atoms with Gasteiger partial charge in [0.1, 0.15) is 0 Å². The minimum Gasteiger partial charge on any atom is -0.338 e. The molecule has 3 rings (SSSR count). The van der Waals surface area contributed by atoms with Crippen LogP contribution in [0.2, 0.25) is 0 Å². The Hall–Kier alpha value is -2.00. The van der Waals surface area contributed by atoms with Gasteiger partial charge >= 0.3 is 0 Å². The second-order valence-corrected chi connectivity index (χ2v) is 9.03. The molecule has 0 radical (unpaired) electrons. The molecule has 0 spiro atoms. The number of hydrogen-bond acceptors (Lipinski definition) is 7. The fourth-order valence-corrected chi connectivity index (χ4v) is 4.00. The standard InChI is InChI=1S/C17H26N6O2S/c1-14(2)12-23-15(11-20-17(23)26(3,24)25)13-21-7-9-22(10-8-21)16-18-5-4-6-19-16/h4-6,11,14H,7-10,12-13H2,1-3H3. The Morgan fingerprint density at radius 1 is 1.08 bits per heavy atom. The Kier molecular flexibility index (Phi) is 5.57. The first-order valence-corrected chi connectivity index (χ1v) is 10.7. The Morgan fingerprint density at radius 3 is 2.31 bits per heavy atom. The SMILES string of the molecule is CC(C)Cn1c(CN2CCN(c3ncccn3)CC2)cnc1S(C)(=O)=O. The first-order valence-electron chi connectivity index (χ1n) is 8.83. The minimum absolute atomic E-state index is 0.164. The van der Waals surface area contributed by atoms with Crippen molar-refractivity contribution >= 4 is 15.8 Å². The molecule has 9 heteroatoms. The van der Waals surface area contributed by atoms with Gasteiger partial charge in [-0.15, -0.1) is 0 Å². The van der Waals surface area contributed by atoms with Crippen molar-refractivity contribution in [1.29, 1.82) is 0 Å². The Balaban J connectivity index is 1.69. The number of imidazole rings is 1. The van der Waals surface area contributed by atoms with Crippen molar-refractivity contribution < 1.29 is 8.42 Å². The molecule has 0 bridgehead atoms.